The second-order valence-corrected chi connectivity index (χ2v) is 4.05. The third kappa shape index (κ3) is 2.64. The summed E-state index contributed by atoms with van der Waals surface area (Å²) in [6.07, 6.45) is 0. The molecule has 1 aromatic heterocycles. The average molecular weight is 241 g/mol. The van der Waals surface area contributed by atoms with E-state index < -0.39 is 5.82 Å². The van der Waals surface area contributed by atoms with Gasteiger partial charge in [-0.2, -0.15) is 5.26 Å². The van der Waals surface area contributed by atoms with Gasteiger partial charge in [0.05, 0.1) is 23.0 Å². The summed E-state index contributed by atoms with van der Waals surface area (Å²) >= 11 is 0. The predicted octanol–water partition coefficient (Wildman–Crippen LogP) is 3.45. The lowest BCUT2D eigenvalue weighted by atomic mass is 10.2. The van der Waals surface area contributed by atoms with Crippen LogP contribution < -0.4 is 5.32 Å². The SMILES string of the molecule is Cc1ccc(Nc2cc(F)cc(C#N)c2)c(C)n1. The highest BCUT2D eigenvalue weighted by Crippen LogP contribution is 2.21. The number of hydrogen-bond donors (Lipinski definition) is 1. The van der Waals surface area contributed by atoms with Gasteiger partial charge in [0, 0.05) is 11.4 Å². The molecular weight excluding hydrogens is 229 g/mol. The van der Waals surface area contributed by atoms with Gasteiger partial charge >= 0.3 is 0 Å². The number of nitriles is 1. The van der Waals surface area contributed by atoms with E-state index in [-0.39, 0.29) is 5.56 Å². The maximum atomic E-state index is 13.3. The molecule has 2 aromatic rings. The summed E-state index contributed by atoms with van der Waals surface area (Å²) in [5.41, 5.74) is 3.39. The van der Waals surface area contributed by atoms with Crippen LogP contribution in [-0.4, -0.2) is 4.98 Å². The quantitative estimate of drug-likeness (QED) is 0.876. The van der Waals surface area contributed by atoms with E-state index >= 15 is 0 Å². The molecule has 0 saturated carbocycles. The lowest BCUT2D eigenvalue weighted by Crippen LogP contribution is -1.97. The minimum Gasteiger partial charge on any atom is -0.354 e. The molecule has 1 aromatic carbocycles. The summed E-state index contributed by atoms with van der Waals surface area (Å²) < 4.78 is 13.3. The van der Waals surface area contributed by atoms with E-state index in [1.165, 1.54) is 12.1 Å². The molecule has 0 amide bonds. The normalized spacial score (nSPS) is 9.89. The highest BCUT2D eigenvalue weighted by atomic mass is 19.1. The first kappa shape index (κ1) is 12.1. The summed E-state index contributed by atoms with van der Waals surface area (Å²) in [6.45, 7) is 3.78. The van der Waals surface area contributed by atoms with E-state index in [1.54, 1.807) is 6.07 Å². The summed E-state index contributed by atoms with van der Waals surface area (Å²) in [7, 11) is 0. The fourth-order valence-corrected chi connectivity index (χ4v) is 1.70. The van der Waals surface area contributed by atoms with Crippen LogP contribution in [0.5, 0.6) is 0 Å². The van der Waals surface area contributed by atoms with Crippen molar-refractivity contribution < 1.29 is 4.39 Å². The Labute approximate surface area is 105 Å². The number of pyridine rings is 1. The maximum Gasteiger partial charge on any atom is 0.126 e. The largest absolute Gasteiger partial charge is 0.354 e. The molecule has 1 N–H and O–H groups in total. The fourth-order valence-electron chi connectivity index (χ4n) is 1.70. The third-order valence-electron chi connectivity index (χ3n) is 2.53. The van der Waals surface area contributed by atoms with Gasteiger partial charge in [-0.15, -0.1) is 0 Å². The fraction of sp³-hybridized carbons (Fsp3) is 0.143. The summed E-state index contributed by atoms with van der Waals surface area (Å²) in [5, 5.41) is 11.8. The van der Waals surface area contributed by atoms with Crippen LogP contribution in [0.25, 0.3) is 0 Å². The van der Waals surface area contributed by atoms with E-state index in [0.717, 1.165) is 17.1 Å². The molecule has 0 atom stereocenters. The van der Waals surface area contributed by atoms with Crippen LogP contribution in [0.1, 0.15) is 17.0 Å². The van der Waals surface area contributed by atoms with E-state index in [4.69, 9.17) is 5.26 Å². The molecule has 0 aliphatic rings. The van der Waals surface area contributed by atoms with Crippen LogP contribution in [-0.2, 0) is 0 Å². The van der Waals surface area contributed by atoms with Gasteiger partial charge in [0.2, 0.25) is 0 Å². The van der Waals surface area contributed by atoms with E-state index in [9.17, 15) is 4.39 Å². The molecule has 2 rings (SSSR count). The molecule has 0 saturated heterocycles. The first-order chi connectivity index (χ1) is 8.58. The Morgan fingerprint density at radius 2 is 2.00 bits per heavy atom. The van der Waals surface area contributed by atoms with Gasteiger partial charge in [-0.25, -0.2) is 4.39 Å². The highest BCUT2D eigenvalue weighted by molar-refractivity contribution is 5.63. The highest BCUT2D eigenvalue weighted by Gasteiger charge is 2.03. The van der Waals surface area contributed by atoms with E-state index in [1.807, 2.05) is 32.0 Å². The molecule has 0 aliphatic heterocycles. The van der Waals surface area contributed by atoms with Crippen molar-refractivity contribution in [1.29, 1.82) is 5.26 Å². The van der Waals surface area contributed by atoms with E-state index in [2.05, 4.69) is 10.3 Å². The lowest BCUT2D eigenvalue weighted by Gasteiger charge is -2.10. The molecule has 0 fully saturated rings. The second-order valence-electron chi connectivity index (χ2n) is 4.05. The van der Waals surface area contributed by atoms with Gasteiger partial charge in [0.1, 0.15) is 5.82 Å². The zero-order valence-electron chi connectivity index (χ0n) is 10.2. The van der Waals surface area contributed by atoms with Crippen molar-refractivity contribution in [3.63, 3.8) is 0 Å². The molecule has 0 radical (unpaired) electrons. The van der Waals surface area contributed by atoms with Crippen molar-refractivity contribution in [2.24, 2.45) is 0 Å². The number of halogens is 1. The molecule has 0 unspecified atom stereocenters. The smallest absolute Gasteiger partial charge is 0.126 e. The third-order valence-corrected chi connectivity index (χ3v) is 2.53. The summed E-state index contributed by atoms with van der Waals surface area (Å²) in [4.78, 5) is 4.31. The molecule has 0 aliphatic carbocycles. The number of aryl methyl sites for hydroxylation is 2. The van der Waals surface area contributed by atoms with Crippen LogP contribution in [0.2, 0.25) is 0 Å². The van der Waals surface area contributed by atoms with Crippen molar-refractivity contribution in [3.05, 3.63) is 53.1 Å². The van der Waals surface area contributed by atoms with Crippen LogP contribution >= 0.6 is 0 Å². The molecule has 90 valence electrons. The Morgan fingerprint density at radius 1 is 1.22 bits per heavy atom. The van der Waals surface area contributed by atoms with E-state index in [0.29, 0.717) is 5.69 Å². The Morgan fingerprint density at radius 3 is 2.67 bits per heavy atom. The monoisotopic (exact) mass is 241 g/mol. The van der Waals surface area contributed by atoms with Crippen LogP contribution in [0, 0.1) is 31.0 Å². The molecule has 0 bridgehead atoms. The Kier molecular flexibility index (Phi) is 3.24. The maximum absolute atomic E-state index is 13.3. The number of nitrogens with zero attached hydrogens (tertiary/aromatic N) is 2. The van der Waals surface area contributed by atoms with Crippen LogP contribution in [0.3, 0.4) is 0 Å². The van der Waals surface area contributed by atoms with Crippen molar-refractivity contribution in [3.8, 4) is 6.07 Å². The average Bonchev–Trinajstić information content (AvgIpc) is 2.32. The van der Waals surface area contributed by atoms with Crippen molar-refractivity contribution in [2.45, 2.75) is 13.8 Å². The number of benzene rings is 1. The van der Waals surface area contributed by atoms with Crippen molar-refractivity contribution in [1.82, 2.24) is 4.98 Å². The number of rotatable bonds is 2. The first-order valence-electron chi connectivity index (χ1n) is 5.50. The second kappa shape index (κ2) is 4.84. The topological polar surface area (TPSA) is 48.7 Å². The molecule has 18 heavy (non-hydrogen) atoms. The van der Waals surface area contributed by atoms with Gasteiger partial charge < -0.3 is 5.32 Å². The molecule has 1 heterocycles. The standard InChI is InChI=1S/C14H12FN3/c1-9-3-4-14(10(2)17-9)18-13-6-11(8-16)5-12(15)7-13/h3-7,18H,1-2H3. The molecule has 4 heteroatoms. The molecule has 0 spiro atoms. The van der Waals surface area contributed by atoms with Gasteiger partial charge in [-0.05, 0) is 44.2 Å². The number of hydrogen-bond acceptors (Lipinski definition) is 3. The van der Waals surface area contributed by atoms with Gasteiger partial charge in [0.15, 0.2) is 0 Å². The van der Waals surface area contributed by atoms with Crippen molar-refractivity contribution >= 4 is 11.4 Å². The van der Waals surface area contributed by atoms with Gasteiger partial charge in [-0.1, -0.05) is 0 Å². The minimum absolute atomic E-state index is 0.287. The Hall–Kier alpha value is -2.41. The van der Waals surface area contributed by atoms with Crippen LogP contribution in [0.15, 0.2) is 30.3 Å². The Bertz CT molecular complexity index is 629. The summed E-state index contributed by atoms with van der Waals surface area (Å²) in [6, 6.07) is 9.83. The zero-order chi connectivity index (χ0) is 13.1. The lowest BCUT2D eigenvalue weighted by molar-refractivity contribution is 0.628. The van der Waals surface area contributed by atoms with Gasteiger partial charge in [-0.3, -0.25) is 4.98 Å². The Balaban J connectivity index is 2.34. The number of nitrogens with one attached hydrogen (secondary N) is 1. The number of anilines is 2. The zero-order valence-corrected chi connectivity index (χ0v) is 10.2. The number of aromatic nitrogens is 1. The van der Waals surface area contributed by atoms with Crippen LogP contribution in [0.4, 0.5) is 15.8 Å². The molecule has 3 nitrogen and oxygen atoms in total. The minimum atomic E-state index is -0.436. The predicted molar refractivity (Wildman–Crippen MR) is 68.1 cm³/mol. The van der Waals surface area contributed by atoms with Gasteiger partial charge in [0.25, 0.3) is 0 Å². The summed E-state index contributed by atoms with van der Waals surface area (Å²) in [5.74, 6) is -0.436. The molecular formula is C14H12FN3. The van der Waals surface area contributed by atoms with Crippen molar-refractivity contribution in [2.75, 3.05) is 5.32 Å². The first-order valence-corrected chi connectivity index (χ1v) is 5.50.